The molecule has 0 aliphatic carbocycles. The maximum absolute atomic E-state index is 11.4. The van der Waals surface area contributed by atoms with E-state index in [1.165, 1.54) is 7.11 Å². The van der Waals surface area contributed by atoms with E-state index >= 15 is 0 Å². The van der Waals surface area contributed by atoms with Gasteiger partial charge in [-0.2, -0.15) is 0 Å². The fourth-order valence-electron chi connectivity index (χ4n) is 1.98. The van der Waals surface area contributed by atoms with Crippen LogP contribution >= 0.6 is 0 Å². The summed E-state index contributed by atoms with van der Waals surface area (Å²) < 4.78 is 6.63. The van der Waals surface area contributed by atoms with Gasteiger partial charge in [0.25, 0.3) is 0 Å². The number of imidazole rings is 1. The summed E-state index contributed by atoms with van der Waals surface area (Å²) in [6.07, 6.45) is 0.813. The van der Waals surface area contributed by atoms with Gasteiger partial charge in [-0.3, -0.25) is 0 Å². The van der Waals surface area contributed by atoms with Gasteiger partial charge in [0.1, 0.15) is 5.82 Å². The molecule has 0 spiro atoms. The van der Waals surface area contributed by atoms with Crippen molar-refractivity contribution < 1.29 is 14.6 Å². The van der Waals surface area contributed by atoms with Crippen molar-refractivity contribution >= 4 is 5.97 Å². The van der Waals surface area contributed by atoms with E-state index in [1.807, 2.05) is 11.5 Å². The number of aryl methyl sites for hydroxylation is 1. The van der Waals surface area contributed by atoms with Gasteiger partial charge in [0.05, 0.1) is 18.9 Å². The molecule has 1 aliphatic rings. The number of fused-ring (bicyclic) bond motifs is 1. The summed E-state index contributed by atoms with van der Waals surface area (Å²) >= 11 is 0. The standard InChI is InChI=1S/C10H14N2O3/c1-6-11-9(10(14)15-2)8-5-7(13)3-4-12(6)8/h7,13H,3-5H2,1-2H3. The Kier molecular flexibility index (Phi) is 2.48. The maximum Gasteiger partial charge on any atom is 0.358 e. The van der Waals surface area contributed by atoms with Crippen LogP contribution in [0.1, 0.15) is 28.4 Å². The molecule has 5 heteroatoms. The second kappa shape index (κ2) is 3.66. The third-order valence-electron chi connectivity index (χ3n) is 2.76. The fraction of sp³-hybridized carbons (Fsp3) is 0.600. The van der Waals surface area contributed by atoms with Crippen LogP contribution in [0.3, 0.4) is 0 Å². The van der Waals surface area contributed by atoms with E-state index < -0.39 is 5.97 Å². The zero-order valence-corrected chi connectivity index (χ0v) is 8.86. The van der Waals surface area contributed by atoms with Crippen molar-refractivity contribution in [3.8, 4) is 0 Å². The number of aliphatic hydroxyl groups excluding tert-OH is 1. The van der Waals surface area contributed by atoms with Crippen molar-refractivity contribution in [2.24, 2.45) is 0 Å². The highest BCUT2D eigenvalue weighted by Gasteiger charge is 2.26. The average molecular weight is 210 g/mol. The quantitative estimate of drug-likeness (QED) is 0.676. The number of aliphatic hydroxyl groups is 1. The van der Waals surface area contributed by atoms with Crippen LogP contribution in [0.15, 0.2) is 0 Å². The molecule has 1 unspecified atom stereocenters. The molecule has 1 aromatic rings. The zero-order chi connectivity index (χ0) is 11.0. The number of rotatable bonds is 1. The number of methoxy groups -OCH3 is 1. The van der Waals surface area contributed by atoms with Gasteiger partial charge < -0.3 is 14.4 Å². The Balaban J connectivity index is 2.45. The van der Waals surface area contributed by atoms with Gasteiger partial charge in [-0.05, 0) is 13.3 Å². The number of esters is 1. The molecular weight excluding hydrogens is 196 g/mol. The van der Waals surface area contributed by atoms with Crippen LogP contribution in [0.25, 0.3) is 0 Å². The van der Waals surface area contributed by atoms with E-state index in [-0.39, 0.29) is 6.10 Å². The number of aromatic nitrogens is 2. The number of hydrogen-bond acceptors (Lipinski definition) is 4. The molecule has 0 amide bonds. The Hall–Kier alpha value is -1.36. The molecule has 0 bridgehead atoms. The lowest BCUT2D eigenvalue weighted by molar-refractivity contribution is 0.0590. The van der Waals surface area contributed by atoms with Crippen molar-refractivity contribution in [2.75, 3.05) is 7.11 Å². The van der Waals surface area contributed by atoms with E-state index in [0.29, 0.717) is 25.1 Å². The van der Waals surface area contributed by atoms with Crippen LogP contribution in [0.4, 0.5) is 0 Å². The first-order valence-electron chi connectivity index (χ1n) is 4.96. The first-order chi connectivity index (χ1) is 7.13. The van der Waals surface area contributed by atoms with Crippen LogP contribution in [0.2, 0.25) is 0 Å². The molecule has 1 aromatic heterocycles. The van der Waals surface area contributed by atoms with Crippen LogP contribution in [0, 0.1) is 6.92 Å². The summed E-state index contributed by atoms with van der Waals surface area (Å²) in [5, 5.41) is 9.55. The summed E-state index contributed by atoms with van der Waals surface area (Å²) in [7, 11) is 1.34. The monoisotopic (exact) mass is 210 g/mol. The summed E-state index contributed by atoms with van der Waals surface area (Å²) in [4.78, 5) is 15.6. The Morgan fingerprint density at radius 3 is 3.07 bits per heavy atom. The largest absolute Gasteiger partial charge is 0.464 e. The summed E-state index contributed by atoms with van der Waals surface area (Å²) in [5.74, 6) is 0.373. The van der Waals surface area contributed by atoms with Gasteiger partial charge in [0.2, 0.25) is 0 Å². The first kappa shape index (κ1) is 10.2. The summed E-state index contributed by atoms with van der Waals surface area (Å²) in [6.45, 7) is 2.57. The van der Waals surface area contributed by atoms with Gasteiger partial charge in [-0.25, -0.2) is 9.78 Å². The van der Waals surface area contributed by atoms with Crippen LogP contribution in [-0.4, -0.2) is 33.8 Å². The number of nitrogens with zero attached hydrogens (tertiary/aromatic N) is 2. The molecular formula is C10H14N2O3. The van der Waals surface area contributed by atoms with Crippen LogP contribution < -0.4 is 0 Å². The highest BCUT2D eigenvalue weighted by molar-refractivity contribution is 5.88. The van der Waals surface area contributed by atoms with E-state index in [2.05, 4.69) is 9.72 Å². The van der Waals surface area contributed by atoms with Crippen molar-refractivity contribution in [1.82, 2.24) is 9.55 Å². The molecule has 1 atom stereocenters. The van der Waals surface area contributed by atoms with Crippen molar-refractivity contribution in [2.45, 2.75) is 32.4 Å². The highest BCUT2D eigenvalue weighted by Crippen LogP contribution is 2.21. The molecule has 0 saturated heterocycles. The summed E-state index contributed by atoms with van der Waals surface area (Å²) in [6, 6.07) is 0. The second-order valence-corrected chi connectivity index (χ2v) is 3.74. The topological polar surface area (TPSA) is 64.3 Å². The maximum atomic E-state index is 11.4. The van der Waals surface area contributed by atoms with Gasteiger partial charge in [-0.1, -0.05) is 0 Å². The minimum atomic E-state index is -0.430. The lowest BCUT2D eigenvalue weighted by Crippen LogP contribution is -2.24. The molecule has 0 fully saturated rings. The van der Waals surface area contributed by atoms with E-state index in [4.69, 9.17) is 0 Å². The van der Waals surface area contributed by atoms with Crippen LogP contribution in [0.5, 0.6) is 0 Å². The molecule has 1 aliphatic heterocycles. The highest BCUT2D eigenvalue weighted by atomic mass is 16.5. The SMILES string of the molecule is COC(=O)c1nc(C)n2c1CC(O)CC2. The molecule has 0 aromatic carbocycles. The summed E-state index contributed by atoms with van der Waals surface area (Å²) in [5.41, 5.74) is 1.13. The third kappa shape index (κ3) is 1.63. The molecule has 0 saturated carbocycles. The van der Waals surface area contributed by atoms with Gasteiger partial charge in [-0.15, -0.1) is 0 Å². The molecule has 82 valence electrons. The van der Waals surface area contributed by atoms with Crippen molar-refractivity contribution in [1.29, 1.82) is 0 Å². The van der Waals surface area contributed by atoms with Crippen molar-refractivity contribution in [3.63, 3.8) is 0 Å². The Bertz CT molecular complexity index is 398. The number of carbonyl (C=O) groups excluding carboxylic acids is 1. The lowest BCUT2D eigenvalue weighted by Gasteiger charge is -2.20. The minimum Gasteiger partial charge on any atom is -0.464 e. The van der Waals surface area contributed by atoms with Gasteiger partial charge in [0.15, 0.2) is 5.69 Å². The Labute approximate surface area is 87.7 Å². The zero-order valence-electron chi connectivity index (χ0n) is 8.86. The molecule has 0 radical (unpaired) electrons. The Morgan fingerprint density at radius 1 is 1.67 bits per heavy atom. The van der Waals surface area contributed by atoms with Gasteiger partial charge >= 0.3 is 5.97 Å². The fourth-order valence-corrected chi connectivity index (χ4v) is 1.98. The Morgan fingerprint density at radius 2 is 2.40 bits per heavy atom. The van der Waals surface area contributed by atoms with E-state index in [1.54, 1.807) is 0 Å². The van der Waals surface area contributed by atoms with Gasteiger partial charge in [0, 0.05) is 13.0 Å². The minimum absolute atomic E-state index is 0.341. The average Bonchev–Trinajstić information content (AvgIpc) is 2.54. The normalized spacial score (nSPS) is 19.8. The lowest BCUT2D eigenvalue weighted by atomic mass is 10.1. The molecule has 5 nitrogen and oxygen atoms in total. The molecule has 2 heterocycles. The second-order valence-electron chi connectivity index (χ2n) is 3.74. The molecule has 15 heavy (non-hydrogen) atoms. The van der Waals surface area contributed by atoms with E-state index in [9.17, 15) is 9.90 Å². The molecule has 2 rings (SSSR count). The predicted molar refractivity (Wildman–Crippen MR) is 52.6 cm³/mol. The third-order valence-corrected chi connectivity index (χ3v) is 2.76. The first-order valence-corrected chi connectivity index (χ1v) is 4.96. The number of carbonyl (C=O) groups is 1. The smallest absolute Gasteiger partial charge is 0.358 e. The predicted octanol–water partition coefficient (Wildman–Crippen LogP) is 0.285. The van der Waals surface area contributed by atoms with Crippen molar-refractivity contribution in [3.05, 3.63) is 17.2 Å². The van der Waals surface area contributed by atoms with Crippen LogP contribution in [-0.2, 0) is 17.7 Å². The number of hydrogen-bond donors (Lipinski definition) is 1. The van der Waals surface area contributed by atoms with E-state index in [0.717, 1.165) is 11.5 Å². The molecule has 1 N–H and O–H groups in total. The number of ether oxygens (including phenoxy) is 1.